The van der Waals surface area contributed by atoms with E-state index in [1.807, 2.05) is 51.1 Å². The second kappa shape index (κ2) is 7.43. The SMILES string of the molecule is CCCNC(=O)Nc1cc(C)nn1-c1cc(C)c2cccc(OC)c2n1. The van der Waals surface area contributed by atoms with Crippen LogP contribution in [0.25, 0.3) is 16.7 Å². The first-order chi connectivity index (χ1) is 12.5. The molecule has 3 rings (SSSR count). The number of aromatic nitrogens is 3. The first kappa shape index (κ1) is 17.7. The Morgan fingerprint density at radius 2 is 2.08 bits per heavy atom. The number of hydrogen-bond donors (Lipinski definition) is 2. The van der Waals surface area contributed by atoms with Gasteiger partial charge in [0.25, 0.3) is 0 Å². The number of fused-ring (bicyclic) bond motifs is 1. The average Bonchev–Trinajstić information content (AvgIpc) is 2.99. The maximum absolute atomic E-state index is 12.0. The maximum atomic E-state index is 12.0. The summed E-state index contributed by atoms with van der Waals surface area (Å²) in [6, 6.07) is 9.33. The molecule has 26 heavy (non-hydrogen) atoms. The van der Waals surface area contributed by atoms with Crippen molar-refractivity contribution in [1.82, 2.24) is 20.1 Å². The normalized spacial score (nSPS) is 10.8. The van der Waals surface area contributed by atoms with Crippen LogP contribution in [0, 0.1) is 13.8 Å². The monoisotopic (exact) mass is 353 g/mol. The van der Waals surface area contributed by atoms with Gasteiger partial charge in [0.1, 0.15) is 17.1 Å². The van der Waals surface area contributed by atoms with E-state index in [4.69, 9.17) is 9.72 Å². The lowest BCUT2D eigenvalue weighted by Gasteiger charge is -2.12. The third-order valence-corrected chi connectivity index (χ3v) is 4.04. The summed E-state index contributed by atoms with van der Waals surface area (Å²) in [4.78, 5) is 16.8. The predicted molar refractivity (Wildman–Crippen MR) is 102 cm³/mol. The number of carbonyl (C=O) groups is 1. The van der Waals surface area contributed by atoms with E-state index in [1.54, 1.807) is 11.8 Å². The first-order valence-electron chi connectivity index (χ1n) is 8.59. The van der Waals surface area contributed by atoms with E-state index in [0.29, 0.717) is 23.9 Å². The number of rotatable bonds is 5. The Kier molecular flexibility index (Phi) is 5.06. The van der Waals surface area contributed by atoms with Gasteiger partial charge in [-0.25, -0.2) is 9.78 Å². The van der Waals surface area contributed by atoms with Crippen LogP contribution in [0.3, 0.4) is 0 Å². The number of pyridine rings is 1. The molecule has 0 radical (unpaired) electrons. The van der Waals surface area contributed by atoms with Gasteiger partial charge in [-0.05, 0) is 38.0 Å². The van der Waals surface area contributed by atoms with Crippen LogP contribution in [0.1, 0.15) is 24.6 Å². The molecular formula is C19H23N5O2. The Labute approximate surface area is 152 Å². The molecule has 7 heteroatoms. The van der Waals surface area contributed by atoms with Crippen LogP contribution in [-0.2, 0) is 0 Å². The van der Waals surface area contributed by atoms with E-state index in [9.17, 15) is 4.79 Å². The maximum Gasteiger partial charge on any atom is 0.320 e. The summed E-state index contributed by atoms with van der Waals surface area (Å²) in [5.74, 6) is 1.89. The van der Waals surface area contributed by atoms with Crippen LogP contribution in [0.5, 0.6) is 5.75 Å². The highest BCUT2D eigenvalue weighted by molar-refractivity contribution is 5.90. The van der Waals surface area contributed by atoms with Gasteiger partial charge in [0.15, 0.2) is 5.82 Å². The number of urea groups is 1. The van der Waals surface area contributed by atoms with E-state index >= 15 is 0 Å². The summed E-state index contributed by atoms with van der Waals surface area (Å²) in [5, 5.41) is 11.1. The molecule has 2 amide bonds. The Morgan fingerprint density at radius 3 is 2.81 bits per heavy atom. The summed E-state index contributed by atoms with van der Waals surface area (Å²) in [6.45, 7) is 6.51. The first-order valence-corrected chi connectivity index (χ1v) is 8.59. The fourth-order valence-corrected chi connectivity index (χ4v) is 2.81. The molecule has 0 bridgehead atoms. The number of methoxy groups -OCH3 is 1. The van der Waals surface area contributed by atoms with Gasteiger partial charge in [-0.2, -0.15) is 9.78 Å². The standard InChI is InChI=1S/C19H23N5O2/c1-5-9-20-19(25)22-17-11-13(3)23-24(17)16-10-12(2)14-7-6-8-15(26-4)18(14)21-16/h6-8,10-11H,5,9H2,1-4H3,(H2,20,22,25). The van der Waals surface area contributed by atoms with Crippen LogP contribution < -0.4 is 15.4 Å². The lowest BCUT2D eigenvalue weighted by molar-refractivity contribution is 0.252. The second-order valence-electron chi connectivity index (χ2n) is 6.12. The van der Waals surface area contributed by atoms with Gasteiger partial charge in [0.2, 0.25) is 0 Å². The van der Waals surface area contributed by atoms with E-state index in [1.165, 1.54) is 0 Å². The van der Waals surface area contributed by atoms with Crippen LogP contribution in [0.15, 0.2) is 30.3 Å². The Hall–Kier alpha value is -3.09. The molecule has 7 nitrogen and oxygen atoms in total. The smallest absolute Gasteiger partial charge is 0.320 e. The molecule has 1 aromatic carbocycles. The number of aryl methyl sites for hydroxylation is 2. The fourth-order valence-electron chi connectivity index (χ4n) is 2.81. The Morgan fingerprint density at radius 1 is 1.27 bits per heavy atom. The molecule has 3 aromatic rings. The van der Waals surface area contributed by atoms with Crippen molar-refractivity contribution in [2.45, 2.75) is 27.2 Å². The van der Waals surface area contributed by atoms with E-state index in [0.717, 1.165) is 28.6 Å². The molecule has 0 aliphatic carbocycles. The van der Waals surface area contributed by atoms with E-state index in [-0.39, 0.29) is 6.03 Å². The molecule has 136 valence electrons. The summed E-state index contributed by atoms with van der Waals surface area (Å²) in [6.07, 6.45) is 0.872. The van der Waals surface area contributed by atoms with Crippen molar-refractivity contribution in [2.24, 2.45) is 0 Å². The topological polar surface area (TPSA) is 81.1 Å². The number of nitrogens with one attached hydrogen (secondary N) is 2. The highest BCUT2D eigenvalue weighted by Gasteiger charge is 2.14. The van der Waals surface area contributed by atoms with Crippen molar-refractivity contribution in [3.05, 3.63) is 41.6 Å². The molecule has 2 N–H and O–H groups in total. The minimum Gasteiger partial charge on any atom is -0.494 e. The third kappa shape index (κ3) is 3.46. The molecule has 0 fully saturated rings. The molecule has 0 unspecified atom stereocenters. The lowest BCUT2D eigenvalue weighted by atomic mass is 10.1. The van der Waals surface area contributed by atoms with Crippen molar-refractivity contribution in [3.8, 4) is 11.6 Å². The summed E-state index contributed by atoms with van der Waals surface area (Å²) >= 11 is 0. The van der Waals surface area contributed by atoms with Crippen molar-refractivity contribution in [3.63, 3.8) is 0 Å². The number of benzene rings is 1. The summed E-state index contributed by atoms with van der Waals surface area (Å²) in [5.41, 5.74) is 2.60. The second-order valence-corrected chi connectivity index (χ2v) is 6.12. The highest BCUT2D eigenvalue weighted by Crippen LogP contribution is 2.28. The van der Waals surface area contributed by atoms with Gasteiger partial charge < -0.3 is 10.1 Å². The van der Waals surface area contributed by atoms with Crippen molar-refractivity contribution >= 4 is 22.8 Å². The zero-order valence-corrected chi connectivity index (χ0v) is 15.5. The molecular weight excluding hydrogens is 330 g/mol. The summed E-state index contributed by atoms with van der Waals surface area (Å²) < 4.78 is 7.08. The Balaban J connectivity index is 2.05. The van der Waals surface area contributed by atoms with E-state index < -0.39 is 0 Å². The quantitative estimate of drug-likeness (QED) is 0.735. The predicted octanol–water partition coefficient (Wildman–Crippen LogP) is 3.58. The van der Waals surface area contributed by atoms with Crippen LogP contribution >= 0.6 is 0 Å². The van der Waals surface area contributed by atoms with Gasteiger partial charge in [-0.3, -0.25) is 5.32 Å². The van der Waals surface area contributed by atoms with Crippen molar-refractivity contribution < 1.29 is 9.53 Å². The number of amides is 2. The molecule has 0 saturated carbocycles. The molecule has 0 aliphatic rings. The Bertz CT molecular complexity index is 948. The number of hydrogen-bond acceptors (Lipinski definition) is 4. The van der Waals surface area contributed by atoms with Crippen LogP contribution in [0.2, 0.25) is 0 Å². The van der Waals surface area contributed by atoms with E-state index in [2.05, 4.69) is 15.7 Å². The van der Waals surface area contributed by atoms with Gasteiger partial charge in [0, 0.05) is 18.0 Å². The number of carbonyl (C=O) groups excluding carboxylic acids is 1. The molecule has 0 saturated heterocycles. The van der Waals surface area contributed by atoms with Crippen molar-refractivity contribution in [2.75, 3.05) is 19.0 Å². The van der Waals surface area contributed by atoms with Crippen LogP contribution in [-0.4, -0.2) is 34.5 Å². The third-order valence-electron chi connectivity index (χ3n) is 4.04. The van der Waals surface area contributed by atoms with Crippen molar-refractivity contribution in [1.29, 1.82) is 0 Å². The fraction of sp³-hybridized carbons (Fsp3) is 0.316. The van der Waals surface area contributed by atoms with Gasteiger partial charge in [-0.1, -0.05) is 19.1 Å². The number of anilines is 1. The zero-order chi connectivity index (χ0) is 18.7. The minimum atomic E-state index is -0.261. The molecule has 2 heterocycles. The lowest BCUT2D eigenvalue weighted by Crippen LogP contribution is -2.30. The van der Waals surface area contributed by atoms with Gasteiger partial charge in [0.05, 0.1) is 12.8 Å². The molecule has 0 spiro atoms. The van der Waals surface area contributed by atoms with Gasteiger partial charge >= 0.3 is 6.03 Å². The minimum absolute atomic E-state index is 0.261. The van der Waals surface area contributed by atoms with Crippen LogP contribution in [0.4, 0.5) is 10.6 Å². The highest BCUT2D eigenvalue weighted by atomic mass is 16.5. The largest absolute Gasteiger partial charge is 0.494 e. The summed E-state index contributed by atoms with van der Waals surface area (Å²) in [7, 11) is 1.63. The number of ether oxygens (including phenoxy) is 1. The average molecular weight is 353 g/mol. The molecule has 0 atom stereocenters. The zero-order valence-electron chi connectivity index (χ0n) is 15.5. The van der Waals surface area contributed by atoms with Gasteiger partial charge in [-0.15, -0.1) is 0 Å². The molecule has 2 aromatic heterocycles. The molecule has 0 aliphatic heterocycles. The number of nitrogens with zero attached hydrogens (tertiary/aromatic N) is 3. The number of para-hydroxylation sites is 1.